The van der Waals surface area contributed by atoms with E-state index in [1.165, 1.54) is 32.5 Å². The van der Waals surface area contributed by atoms with Gasteiger partial charge in [-0.15, -0.1) is 0 Å². The highest BCUT2D eigenvalue weighted by atomic mass is 15.2. The van der Waals surface area contributed by atoms with Crippen LogP contribution in [0.1, 0.15) is 46.5 Å². The number of likely N-dealkylation sites (tertiary alicyclic amines) is 1. The summed E-state index contributed by atoms with van der Waals surface area (Å²) in [5.41, 5.74) is -0.167. The molecule has 3 nitrogen and oxygen atoms in total. The molecule has 98 valence electrons. The average molecular weight is 237 g/mol. The molecule has 1 unspecified atom stereocenters. The van der Waals surface area contributed by atoms with Crippen molar-refractivity contribution in [2.24, 2.45) is 5.41 Å². The van der Waals surface area contributed by atoms with Crippen LogP contribution in [-0.2, 0) is 0 Å². The van der Waals surface area contributed by atoms with Crippen molar-refractivity contribution in [3.05, 3.63) is 0 Å². The highest BCUT2D eigenvalue weighted by Gasteiger charge is 2.16. The molecule has 1 atom stereocenters. The Morgan fingerprint density at radius 1 is 1.35 bits per heavy atom. The van der Waals surface area contributed by atoms with Crippen LogP contribution in [0.15, 0.2) is 0 Å². The fourth-order valence-corrected chi connectivity index (χ4v) is 2.35. The fourth-order valence-electron chi connectivity index (χ4n) is 2.35. The summed E-state index contributed by atoms with van der Waals surface area (Å²) in [4.78, 5) is 2.54. The molecule has 1 aliphatic heterocycles. The third kappa shape index (κ3) is 6.05. The van der Waals surface area contributed by atoms with Crippen molar-refractivity contribution < 1.29 is 0 Å². The average Bonchev–Trinajstić information content (AvgIpc) is 2.77. The summed E-state index contributed by atoms with van der Waals surface area (Å²) in [5, 5.41) is 12.5. The quantitative estimate of drug-likeness (QED) is 0.691. The molecule has 1 aliphatic rings. The van der Waals surface area contributed by atoms with Crippen LogP contribution in [0.2, 0.25) is 0 Å². The maximum atomic E-state index is 8.92. The summed E-state index contributed by atoms with van der Waals surface area (Å²) in [5.74, 6) is 0. The first-order chi connectivity index (χ1) is 8.03. The molecular formula is C14H27N3. The van der Waals surface area contributed by atoms with Crippen molar-refractivity contribution in [2.45, 2.75) is 52.5 Å². The van der Waals surface area contributed by atoms with E-state index in [1.807, 2.05) is 13.8 Å². The van der Waals surface area contributed by atoms with Gasteiger partial charge in [0.2, 0.25) is 0 Å². The van der Waals surface area contributed by atoms with E-state index in [4.69, 9.17) is 5.26 Å². The van der Waals surface area contributed by atoms with Gasteiger partial charge in [0.25, 0.3) is 0 Å². The van der Waals surface area contributed by atoms with Gasteiger partial charge in [0, 0.05) is 12.6 Å². The zero-order chi connectivity index (χ0) is 12.7. The first kappa shape index (κ1) is 14.5. The van der Waals surface area contributed by atoms with Crippen LogP contribution in [0.5, 0.6) is 0 Å². The normalized spacial score (nSPS) is 19.2. The van der Waals surface area contributed by atoms with E-state index < -0.39 is 0 Å². The summed E-state index contributed by atoms with van der Waals surface area (Å²) in [6.07, 6.45) is 4.80. The Morgan fingerprint density at radius 2 is 2.00 bits per heavy atom. The van der Waals surface area contributed by atoms with Crippen molar-refractivity contribution in [3.63, 3.8) is 0 Å². The van der Waals surface area contributed by atoms with Gasteiger partial charge in [-0.25, -0.2) is 0 Å². The number of rotatable bonds is 7. The molecule has 0 amide bonds. The van der Waals surface area contributed by atoms with Gasteiger partial charge >= 0.3 is 0 Å². The minimum atomic E-state index is -0.167. The highest BCUT2D eigenvalue weighted by Crippen LogP contribution is 2.19. The fraction of sp³-hybridized carbons (Fsp3) is 0.929. The molecule has 0 aromatic carbocycles. The Hall–Kier alpha value is -0.590. The van der Waals surface area contributed by atoms with E-state index in [-0.39, 0.29) is 5.41 Å². The summed E-state index contributed by atoms with van der Waals surface area (Å²) in [6.45, 7) is 11.0. The molecule has 1 saturated heterocycles. The first-order valence-electron chi connectivity index (χ1n) is 6.90. The van der Waals surface area contributed by atoms with Gasteiger partial charge < -0.3 is 10.2 Å². The van der Waals surface area contributed by atoms with Crippen molar-refractivity contribution in [1.82, 2.24) is 10.2 Å². The largest absolute Gasteiger partial charge is 0.313 e. The lowest BCUT2D eigenvalue weighted by Gasteiger charge is -2.22. The number of hydrogen-bond acceptors (Lipinski definition) is 3. The highest BCUT2D eigenvalue weighted by molar-refractivity contribution is 4.91. The Morgan fingerprint density at radius 3 is 2.59 bits per heavy atom. The van der Waals surface area contributed by atoms with Gasteiger partial charge in [0.05, 0.1) is 11.5 Å². The lowest BCUT2D eigenvalue weighted by molar-refractivity contribution is 0.296. The van der Waals surface area contributed by atoms with E-state index in [0.29, 0.717) is 6.04 Å². The maximum absolute atomic E-state index is 8.92. The van der Waals surface area contributed by atoms with E-state index in [2.05, 4.69) is 23.2 Å². The second kappa shape index (κ2) is 6.98. The molecule has 3 heteroatoms. The molecule has 0 bridgehead atoms. The molecule has 0 spiro atoms. The molecule has 0 aromatic heterocycles. The van der Waals surface area contributed by atoms with Crippen LogP contribution in [0.25, 0.3) is 0 Å². The van der Waals surface area contributed by atoms with Crippen LogP contribution < -0.4 is 5.32 Å². The number of nitriles is 1. The third-order valence-electron chi connectivity index (χ3n) is 3.50. The first-order valence-corrected chi connectivity index (χ1v) is 6.90. The van der Waals surface area contributed by atoms with Crippen LogP contribution in [0.3, 0.4) is 0 Å². The lowest BCUT2D eigenvalue weighted by atomic mass is 9.90. The molecule has 1 N–H and O–H groups in total. The van der Waals surface area contributed by atoms with Crippen molar-refractivity contribution in [3.8, 4) is 6.07 Å². The van der Waals surface area contributed by atoms with Gasteiger partial charge in [-0.1, -0.05) is 0 Å². The van der Waals surface area contributed by atoms with Crippen LogP contribution in [-0.4, -0.2) is 37.1 Å². The van der Waals surface area contributed by atoms with Gasteiger partial charge in [0.1, 0.15) is 0 Å². The van der Waals surface area contributed by atoms with Crippen molar-refractivity contribution in [1.29, 1.82) is 5.26 Å². The third-order valence-corrected chi connectivity index (χ3v) is 3.50. The Balaban J connectivity index is 2.04. The molecule has 0 radical (unpaired) electrons. The van der Waals surface area contributed by atoms with Crippen molar-refractivity contribution >= 4 is 0 Å². The van der Waals surface area contributed by atoms with Crippen LogP contribution in [0.4, 0.5) is 0 Å². The summed E-state index contributed by atoms with van der Waals surface area (Å²) < 4.78 is 0. The van der Waals surface area contributed by atoms with Gasteiger partial charge in [-0.3, -0.25) is 0 Å². The van der Waals surface area contributed by atoms with E-state index in [0.717, 1.165) is 19.4 Å². The van der Waals surface area contributed by atoms with Gasteiger partial charge in [-0.2, -0.15) is 5.26 Å². The number of hydrogen-bond donors (Lipinski definition) is 1. The van der Waals surface area contributed by atoms with Crippen molar-refractivity contribution in [2.75, 3.05) is 26.2 Å². The molecule has 1 heterocycles. The predicted molar refractivity (Wildman–Crippen MR) is 71.8 cm³/mol. The second-order valence-corrected chi connectivity index (χ2v) is 5.96. The van der Waals surface area contributed by atoms with E-state index in [1.54, 1.807) is 0 Å². The van der Waals surface area contributed by atoms with Crippen LogP contribution >= 0.6 is 0 Å². The molecule has 1 fully saturated rings. The SMILES string of the molecule is CC(CN1CCCC1)NCCCC(C)(C)C#N. The summed E-state index contributed by atoms with van der Waals surface area (Å²) in [6, 6.07) is 2.92. The Bertz CT molecular complexity index is 249. The molecule has 0 aromatic rings. The standard InChI is InChI=1S/C14H27N3/c1-13(11-17-9-4-5-10-17)16-8-6-7-14(2,3)12-15/h13,16H,4-11H2,1-3H3. The second-order valence-electron chi connectivity index (χ2n) is 5.96. The Labute approximate surface area is 106 Å². The molecule has 1 rings (SSSR count). The molecule has 17 heavy (non-hydrogen) atoms. The zero-order valence-corrected chi connectivity index (χ0v) is 11.6. The molecule has 0 saturated carbocycles. The summed E-state index contributed by atoms with van der Waals surface area (Å²) in [7, 11) is 0. The maximum Gasteiger partial charge on any atom is 0.0683 e. The molecular weight excluding hydrogens is 210 g/mol. The lowest BCUT2D eigenvalue weighted by Crippen LogP contribution is -2.38. The molecule has 0 aliphatic carbocycles. The topological polar surface area (TPSA) is 39.1 Å². The van der Waals surface area contributed by atoms with Gasteiger partial charge in [-0.05, 0) is 66.1 Å². The number of nitrogens with zero attached hydrogens (tertiary/aromatic N) is 2. The minimum absolute atomic E-state index is 0.167. The Kier molecular flexibility index (Phi) is 5.94. The predicted octanol–water partition coefficient (Wildman–Crippen LogP) is 2.39. The minimum Gasteiger partial charge on any atom is -0.313 e. The summed E-state index contributed by atoms with van der Waals surface area (Å²) >= 11 is 0. The van der Waals surface area contributed by atoms with E-state index >= 15 is 0 Å². The van der Waals surface area contributed by atoms with Crippen LogP contribution in [0, 0.1) is 16.7 Å². The zero-order valence-electron chi connectivity index (χ0n) is 11.6. The monoisotopic (exact) mass is 237 g/mol. The number of nitrogens with one attached hydrogen (secondary N) is 1. The van der Waals surface area contributed by atoms with Gasteiger partial charge in [0.15, 0.2) is 0 Å². The smallest absolute Gasteiger partial charge is 0.0683 e. The van der Waals surface area contributed by atoms with E-state index in [9.17, 15) is 0 Å².